The number of nitrogens with two attached hydrogens (primary N) is 1. The van der Waals surface area contributed by atoms with Gasteiger partial charge in [-0.2, -0.15) is 0 Å². The second-order valence-corrected chi connectivity index (χ2v) is 6.68. The van der Waals surface area contributed by atoms with Crippen LogP contribution in [0.15, 0.2) is 42.5 Å². The van der Waals surface area contributed by atoms with E-state index in [1.165, 1.54) is 30.7 Å². The van der Waals surface area contributed by atoms with Crippen LogP contribution in [-0.2, 0) is 4.79 Å². The minimum Gasteiger partial charge on any atom is -0.372 e. The highest BCUT2D eigenvalue weighted by Crippen LogP contribution is 2.22. The van der Waals surface area contributed by atoms with Gasteiger partial charge >= 0.3 is 0 Å². The van der Waals surface area contributed by atoms with Crippen LogP contribution in [-0.4, -0.2) is 25.5 Å². The average Bonchev–Trinajstić information content (AvgIpc) is 3.15. The van der Waals surface area contributed by atoms with Crippen molar-refractivity contribution in [2.75, 3.05) is 29.9 Å². The minimum absolute atomic E-state index is 0.159. The molecule has 6 heteroatoms. The summed E-state index contributed by atoms with van der Waals surface area (Å²) in [6.07, 6.45) is 2.45. The van der Waals surface area contributed by atoms with E-state index in [2.05, 4.69) is 10.2 Å². The molecule has 1 amide bonds. The largest absolute Gasteiger partial charge is 0.372 e. The summed E-state index contributed by atoms with van der Waals surface area (Å²) in [6.45, 7) is 4.11. The molecule has 0 saturated carbocycles. The third-order valence-electron chi connectivity index (χ3n) is 4.73. The molecule has 1 aliphatic rings. The molecule has 0 bridgehead atoms. The Bertz CT molecular complexity index is 758. The van der Waals surface area contributed by atoms with E-state index in [4.69, 9.17) is 0 Å². The van der Waals surface area contributed by atoms with E-state index in [1.807, 2.05) is 24.3 Å². The smallest absolute Gasteiger partial charge is 0.279 e. The molecular formula is C20H24F2N3O+. The standard InChI is InChI=1S/C20H23F2N3O/c1-14(18-9-4-15(21)12-19(18)22)23-13-20(26)24-16-5-7-17(8-6-16)25-10-2-3-11-25/h4-9,12,14,23H,2-3,10-11,13H2,1H3,(H,24,26)/p+1/t14-/m1/s1. The number of benzene rings is 2. The monoisotopic (exact) mass is 360 g/mol. The topological polar surface area (TPSA) is 49.0 Å². The summed E-state index contributed by atoms with van der Waals surface area (Å²) in [4.78, 5) is 14.5. The Labute approximate surface area is 152 Å². The quantitative estimate of drug-likeness (QED) is 0.832. The number of hydrogen-bond acceptors (Lipinski definition) is 2. The van der Waals surface area contributed by atoms with Crippen molar-refractivity contribution in [2.24, 2.45) is 0 Å². The van der Waals surface area contributed by atoms with E-state index in [0.29, 0.717) is 5.56 Å². The molecule has 2 aromatic rings. The SMILES string of the molecule is C[C@@H]([NH2+]CC(=O)Nc1ccc(N2CCCC2)cc1)c1ccc(F)cc1F. The third kappa shape index (κ3) is 4.58. The fourth-order valence-corrected chi connectivity index (χ4v) is 3.22. The van der Waals surface area contributed by atoms with Gasteiger partial charge < -0.3 is 15.5 Å². The van der Waals surface area contributed by atoms with Gasteiger partial charge in [-0.1, -0.05) is 0 Å². The number of rotatable bonds is 6. The Morgan fingerprint density at radius 3 is 2.50 bits per heavy atom. The van der Waals surface area contributed by atoms with Crippen LogP contribution < -0.4 is 15.5 Å². The van der Waals surface area contributed by atoms with Crippen molar-refractivity contribution < 1.29 is 18.9 Å². The lowest BCUT2D eigenvalue weighted by molar-refractivity contribution is -0.682. The van der Waals surface area contributed by atoms with Gasteiger partial charge in [-0.15, -0.1) is 0 Å². The van der Waals surface area contributed by atoms with Gasteiger partial charge in [-0.25, -0.2) is 8.78 Å². The van der Waals surface area contributed by atoms with Gasteiger partial charge in [0.25, 0.3) is 5.91 Å². The molecule has 4 nitrogen and oxygen atoms in total. The maximum absolute atomic E-state index is 13.8. The molecule has 138 valence electrons. The Balaban J connectivity index is 1.50. The highest BCUT2D eigenvalue weighted by Gasteiger charge is 2.16. The summed E-state index contributed by atoms with van der Waals surface area (Å²) in [7, 11) is 0. The van der Waals surface area contributed by atoms with Crippen molar-refractivity contribution in [3.63, 3.8) is 0 Å². The van der Waals surface area contributed by atoms with Crippen molar-refractivity contribution in [2.45, 2.75) is 25.8 Å². The van der Waals surface area contributed by atoms with Crippen molar-refractivity contribution in [1.29, 1.82) is 0 Å². The number of carbonyl (C=O) groups excluding carboxylic acids is 1. The van der Waals surface area contributed by atoms with E-state index in [9.17, 15) is 13.6 Å². The maximum atomic E-state index is 13.8. The highest BCUT2D eigenvalue weighted by atomic mass is 19.1. The number of quaternary nitrogens is 1. The number of halogens is 2. The fraction of sp³-hybridized carbons (Fsp3) is 0.350. The molecule has 3 N–H and O–H groups in total. The lowest BCUT2D eigenvalue weighted by Crippen LogP contribution is -2.86. The summed E-state index contributed by atoms with van der Waals surface area (Å²) in [6, 6.07) is 11.1. The molecule has 26 heavy (non-hydrogen) atoms. The number of carbonyl (C=O) groups is 1. The van der Waals surface area contributed by atoms with Gasteiger partial charge in [0.2, 0.25) is 0 Å². The van der Waals surface area contributed by atoms with Gasteiger partial charge in [-0.05, 0) is 56.2 Å². The van der Waals surface area contributed by atoms with Crippen molar-refractivity contribution in [3.05, 3.63) is 59.7 Å². The normalized spacial score (nSPS) is 15.1. The van der Waals surface area contributed by atoms with Crippen LogP contribution in [0.2, 0.25) is 0 Å². The van der Waals surface area contributed by atoms with Crippen molar-refractivity contribution in [1.82, 2.24) is 0 Å². The zero-order chi connectivity index (χ0) is 18.5. The maximum Gasteiger partial charge on any atom is 0.279 e. The zero-order valence-corrected chi connectivity index (χ0v) is 14.8. The fourth-order valence-electron chi connectivity index (χ4n) is 3.22. The van der Waals surface area contributed by atoms with Gasteiger partial charge in [0.15, 0.2) is 6.54 Å². The third-order valence-corrected chi connectivity index (χ3v) is 4.73. The predicted molar refractivity (Wildman–Crippen MR) is 98.1 cm³/mol. The number of nitrogens with one attached hydrogen (secondary N) is 1. The van der Waals surface area contributed by atoms with E-state index in [-0.39, 0.29) is 18.5 Å². The molecule has 0 unspecified atom stereocenters. The van der Waals surface area contributed by atoms with Crippen LogP contribution in [0.4, 0.5) is 20.2 Å². The van der Waals surface area contributed by atoms with E-state index < -0.39 is 11.6 Å². The molecule has 1 aliphatic heterocycles. The Kier molecular flexibility index (Phi) is 5.83. The highest BCUT2D eigenvalue weighted by molar-refractivity contribution is 5.91. The second kappa shape index (κ2) is 8.27. The van der Waals surface area contributed by atoms with Crippen molar-refractivity contribution >= 4 is 17.3 Å². The molecule has 1 heterocycles. The molecule has 0 aliphatic carbocycles. The molecule has 2 aromatic carbocycles. The summed E-state index contributed by atoms with van der Waals surface area (Å²) in [5.74, 6) is -1.35. The Morgan fingerprint density at radius 2 is 1.85 bits per heavy atom. The number of anilines is 2. The lowest BCUT2D eigenvalue weighted by atomic mass is 10.1. The average molecular weight is 360 g/mol. The molecule has 1 atom stereocenters. The van der Waals surface area contributed by atoms with Gasteiger partial charge in [0.1, 0.15) is 17.7 Å². The molecule has 1 fully saturated rings. The van der Waals surface area contributed by atoms with Gasteiger partial charge in [0, 0.05) is 36.1 Å². The second-order valence-electron chi connectivity index (χ2n) is 6.68. The van der Waals surface area contributed by atoms with Crippen LogP contribution >= 0.6 is 0 Å². The molecular weight excluding hydrogens is 336 g/mol. The molecule has 1 saturated heterocycles. The van der Waals surface area contributed by atoms with Crippen LogP contribution in [0.3, 0.4) is 0 Å². The Morgan fingerprint density at radius 1 is 1.15 bits per heavy atom. The first-order valence-corrected chi connectivity index (χ1v) is 8.96. The predicted octanol–water partition coefficient (Wildman–Crippen LogP) is 2.83. The van der Waals surface area contributed by atoms with Gasteiger partial charge in [-0.3, -0.25) is 4.79 Å². The van der Waals surface area contributed by atoms with Crippen LogP contribution in [0.5, 0.6) is 0 Å². The molecule has 0 spiro atoms. The number of amides is 1. The summed E-state index contributed by atoms with van der Waals surface area (Å²) in [5, 5.41) is 4.57. The first-order chi connectivity index (χ1) is 12.5. The first kappa shape index (κ1) is 18.3. The summed E-state index contributed by atoms with van der Waals surface area (Å²) < 4.78 is 26.8. The van der Waals surface area contributed by atoms with Crippen molar-refractivity contribution in [3.8, 4) is 0 Å². The number of nitrogens with zero attached hydrogens (tertiary/aromatic N) is 1. The Hall–Kier alpha value is -2.47. The molecule has 0 aromatic heterocycles. The lowest BCUT2D eigenvalue weighted by Gasteiger charge is -2.17. The van der Waals surface area contributed by atoms with Crippen LogP contribution in [0.1, 0.15) is 31.4 Å². The number of hydrogen-bond donors (Lipinski definition) is 2. The van der Waals surface area contributed by atoms with Crippen LogP contribution in [0, 0.1) is 11.6 Å². The first-order valence-electron chi connectivity index (χ1n) is 8.96. The molecule has 0 radical (unpaired) electrons. The van der Waals surface area contributed by atoms with Crippen LogP contribution in [0.25, 0.3) is 0 Å². The minimum atomic E-state index is -0.603. The van der Waals surface area contributed by atoms with E-state index >= 15 is 0 Å². The summed E-state index contributed by atoms with van der Waals surface area (Å²) >= 11 is 0. The molecule has 3 rings (SSSR count). The van der Waals surface area contributed by atoms with E-state index in [0.717, 1.165) is 24.8 Å². The van der Waals surface area contributed by atoms with Gasteiger partial charge in [0.05, 0.1) is 0 Å². The van der Waals surface area contributed by atoms with E-state index in [1.54, 1.807) is 12.2 Å². The zero-order valence-electron chi connectivity index (χ0n) is 14.8. The summed E-state index contributed by atoms with van der Waals surface area (Å²) in [5.41, 5.74) is 2.30.